The monoisotopic (exact) mass is 265 g/mol. The van der Waals surface area contributed by atoms with E-state index in [9.17, 15) is 9.59 Å². The number of nitrogens with zero attached hydrogens (tertiary/aromatic N) is 1. The van der Waals surface area contributed by atoms with Crippen LogP contribution in [0.4, 0.5) is 0 Å². The van der Waals surface area contributed by atoms with Gasteiger partial charge in [0.1, 0.15) is 5.70 Å². The molecule has 3 rings (SSSR count). The first-order chi connectivity index (χ1) is 9.15. The Labute approximate surface area is 109 Å². The van der Waals surface area contributed by atoms with Gasteiger partial charge in [-0.1, -0.05) is 6.08 Å². The molecule has 6 heteroatoms. The zero-order chi connectivity index (χ0) is 13.4. The molecule has 0 aromatic carbocycles. The van der Waals surface area contributed by atoms with Crippen molar-refractivity contribution in [2.75, 3.05) is 6.54 Å². The average molecular weight is 265 g/mol. The smallest absolute Gasteiger partial charge is 0.453 e. The van der Waals surface area contributed by atoms with E-state index in [0.717, 1.165) is 25.8 Å². The fraction of sp³-hybridized carbons (Fsp3) is 0.538. The van der Waals surface area contributed by atoms with Gasteiger partial charge in [0.15, 0.2) is 18.1 Å². The fourth-order valence-electron chi connectivity index (χ4n) is 2.50. The molecule has 1 aromatic rings. The van der Waals surface area contributed by atoms with Gasteiger partial charge in [-0.2, -0.15) is 0 Å². The van der Waals surface area contributed by atoms with E-state index in [4.69, 9.17) is 13.6 Å². The average Bonchev–Trinajstić information content (AvgIpc) is 2.66. The molecule has 1 fully saturated rings. The lowest BCUT2D eigenvalue weighted by Crippen LogP contribution is -2.50. The number of carbonyl (C=O) groups is 1. The summed E-state index contributed by atoms with van der Waals surface area (Å²) >= 11 is 0. The third kappa shape index (κ3) is 2.18. The van der Waals surface area contributed by atoms with E-state index in [0.29, 0.717) is 17.5 Å². The van der Waals surface area contributed by atoms with E-state index >= 15 is 0 Å². The Morgan fingerprint density at radius 2 is 2.32 bits per heavy atom. The summed E-state index contributed by atoms with van der Waals surface area (Å²) in [4.78, 5) is 24.9. The molecule has 1 saturated heterocycles. The van der Waals surface area contributed by atoms with Crippen molar-refractivity contribution in [3.05, 3.63) is 33.9 Å². The van der Waals surface area contributed by atoms with E-state index in [1.807, 2.05) is 6.08 Å². The SMILES string of the molecule is Cc1oc(=O)oc1COC(=O)C1=CCCC2CCN12. The second-order valence-electron chi connectivity index (χ2n) is 4.81. The maximum absolute atomic E-state index is 12.0. The third-order valence-corrected chi connectivity index (χ3v) is 3.67. The van der Waals surface area contributed by atoms with E-state index in [1.165, 1.54) is 0 Å². The van der Waals surface area contributed by atoms with Crippen LogP contribution in [-0.2, 0) is 16.1 Å². The van der Waals surface area contributed by atoms with Gasteiger partial charge in [0.2, 0.25) is 0 Å². The van der Waals surface area contributed by atoms with E-state index in [1.54, 1.807) is 6.92 Å². The summed E-state index contributed by atoms with van der Waals surface area (Å²) in [5.41, 5.74) is 0.631. The van der Waals surface area contributed by atoms with E-state index < -0.39 is 5.82 Å². The third-order valence-electron chi connectivity index (χ3n) is 3.67. The molecular weight excluding hydrogens is 250 g/mol. The summed E-state index contributed by atoms with van der Waals surface area (Å²) in [6, 6.07) is 0.487. The van der Waals surface area contributed by atoms with Crippen LogP contribution in [0.15, 0.2) is 25.4 Å². The molecule has 0 amide bonds. The Bertz CT molecular complexity index is 582. The second kappa shape index (κ2) is 4.60. The number of hydrogen-bond acceptors (Lipinski definition) is 6. The topological polar surface area (TPSA) is 72.9 Å². The van der Waals surface area contributed by atoms with Gasteiger partial charge in [0.25, 0.3) is 0 Å². The van der Waals surface area contributed by atoms with Gasteiger partial charge in [-0.3, -0.25) is 0 Å². The van der Waals surface area contributed by atoms with Crippen LogP contribution in [0.2, 0.25) is 0 Å². The number of aryl methyl sites for hydroxylation is 1. The van der Waals surface area contributed by atoms with Gasteiger partial charge in [0, 0.05) is 12.6 Å². The number of ether oxygens (including phenoxy) is 1. The predicted octanol–water partition coefficient (Wildman–Crippen LogP) is 1.34. The number of esters is 1. The Hall–Kier alpha value is -1.98. The van der Waals surface area contributed by atoms with Gasteiger partial charge in [0.05, 0.1) is 0 Å². The van der Waals surface area contributed by atoms with Gasteiger partial charge < -0.3 is 18.5 Å². The molecule has 19 heavy (non-hydrogen) atoms. The minimum atomic E-state index is -0.775. The first-order valence-electron chi connectivity index (χ1n) is 6.38. The summed E-state index contributed by atoms with van der Waals surface area (Å²) in [5, 5.41) is 0. The van der Waals surface area contributed by atoms with Crippen LogP contribution in [0.5, 0.6) is 0 Å². The molecule has 0 saturated carbocycles. The number of hydrogen-bond donors (Lipinski definition) is 0. The molecule has 2 aliphatic rings. The second-order valence-corrected chi connectivity index (χ2v) is 4.81. The highest BCUT2D eigenvalue weighted by atomic mass is 16.6. The van der Waals surface area contributed by atoms with E-state index in [2.05, 4.69) is 4.90 Å². The summed E-state index contributed by atoms with van der Waals surface area (Å²) in [7, 11) is 0. The molecule has 2 aliphatic heterocycles. The van der Waals surface area contributed by atoms with Crippen molar-refractivity contribution in [2.24, 2.45) is 0 Å². The molecule has 102 valence electrons. The lowest BCUT2D eigenvalue weighted by atomic mass is 9.92. The quantitative estimate of drug-likeness (QED) is 0.768. The number of fused-ring (bicyclic) bond motifs is 1. The molecule has 1 unspecified atom stereocenters. The van der Waals surface area contributed by atoms with Crippen molar-refractivity contribution < 1.29 is 18.4 Å². The van der Waals surface area contributed by atoms with Crippen molar-refractivity contribution >= 4 is 5.97 Å². The molecule has 0 N–H and O–H groups in total. The van der Waals surface area contributed by atoms with Crippen LogP contribution in [-0.4, -0.2) is 23.5 Å². The lowest BCUT2D eigenvalue weighted by Gasteiger charge is -2.45. The molecule has 3 heterocycles. The maximum atomic E-state index is 12.0. The number of carbonyl (C=O) groups excluding carboxylic acids is 1. The minimum Gasteiger partial charge on any atom is -0.453 e. The highest BCUT2D eigenvalue weighted by Gasteiger charge is 2.35. The zero-order valence-electron chi connectivity index (χ0n) is 10.7. The summed E-state index contributed by atoms with van der Waals surface area (Å²) in [5.74, 6) is -0.539. The Kier molecular flexibility index (Phi) is 2.93. The maximum Gasteiger partial charge on any atom is 0.519 e. The summed E-state index contributed by atoms with van der Waals surface area (Å²) in [6.45, 7) is 2.43. The number of allylic oxidation sites excluding steroid dienone is 1. The molecule has 0 aliphatic carbocycles. The first kappa shape index (κ1) is 12.1. The predicted molar refractivity (Wildman–Crippen MR) is 64.2 cm³/mol. The number of rotatable bonds is 3. The van der Waals surface area contributed by atoms with Crippen molar-refractivity contribution in [3.8, 4) is 0 Å². The molecule has 1 atom stereocenters. The van der Waals surface area contributed by atoms with Crippen LogP contribution in [0.3, 0.4) is 0 Å². The van der Waals surface area contributed by atoms with Gasteiger partial charge in [-0.15, -0.1) is 0 Å². The lowest BCUT2D eigenvalue weighted by molar-refractivity contribution is -0.144. The van der Waals surface area contributed by atoms with Crippen LogP contribution in [0, 0.1) is 6.92 Å². The summed E-state index contributed by atoms with van der Waals surface area (Å²) in [6.07, 6.45) is 5.06. The van der Waals surface area contributed by atoms with Crippen molar-refractivity contribution in [2.45, 2.75) is 38.8 Å². The van der Waals surface area contributed by atoms with Crippen LogP contribution in [0.25, 0.3) is 0 Å². The molecule has 1 aromatic heterocycles. The molecule has 0 radical (unpaired) electrons. The zero-order valence-corrected chi connectivity index (χ0v) is 10.7. The van der Waals surface area contributed by atoms with Crippen molar-refractivity contribution in [3.63, 3.8) is 0 Å². The van der Waals surface area contributed by atoms with Crippen molar-refractivity contribution in [1.82, 2.24) is 4.90 Å². The Morgan fingerprint density at radius 1 is 1.47 bits per heavy atom. The largest absolute Gasteiger partial charge is 0.519 e. The highest BCUT2D eigenvalue weighted by molar-refractivity contribution is 5.88. The van der Waals surface area contributed by atoms with Crippen LogP contribution < -0.4 is 5.82 Å². The van der Waals surface area contributed by atoms with Crippen LogP contribution in [0.1, 0.15) is 30.8 Å². The van der Waals surface area contributed by atoms with Gasteiger partial charge in [-0.05, 0) is 26.2 Å². The fourth-order valence-corrected chi connectivity index (χ4v) is 2.50. The first-order valence-corrected chi connectivity index (χ1v) is 6.38. The standard InChI is InChI=1S/C13H15NO5/c1-8-11(19-13(16)18-8)7-17-12(15)10-4-2-3-9-5-6-14(9)10/h4,9H,2-3,5-7H2,1H3. The normalized spacial score (nSPS) is 21.4. The Morgan fingerprint density at radius 3 is 2.95 bits per heavy atom. The molecule has 0 spiro atoms. The molecule has 6 nitrogen and oxygen atoms in total. The highest BCUT2D eigenvalue weighted by Crippen LogP contribution is 2.31. The Balaban J connectivity index is 1.64. The van der Waals surface area contributed by atoms with E-state index in [-0.39, 0.29) is 18.3 Å². The van der Waals surface area contributed by atoms with Gasteiger partial charge in [-0.25, -0.2) is 9.59 Å². The van der Waals surface area contributed by atoms with Crippen LogP contribution >= 0.6 is 0 Å². The molecule has 0 bridgehead atoms. The van der Waals surface area contributed by atoms with Crippen molar-refractivity contribution in [1.29, 1.82) is 0 Å². The van der Waals surface area contributed by atoms with Gasteiger partial charge >= 0.3 is 11.8 Å². The molecular formula is C13H15NO5. The minimum absolute atomic E-state index is 0.0771. The summed E-state index contributed by atoms with van der Waals surface area (Å²) < 4.78 is 14.7.